The first-order valence-corrected chi connectivity index (χ1v) is 10.7. The van der Waals surface area contributed by atoms with Crippen LogP contribution in [0.2, 0.25) is 0 Å². The van der Waals surface area contributed by atoms with Crippen molar-refractivity contribution in [3.05, 3.63) is 47.0 Å². The summed E-state index contributed by atoms with van der Waals surface area (Å²) in [6, 6.07) is 11.3. The molecular weight excluding hydrogens is 356 g/mol. The highest BCUT2D eigenvalue weighted by atomic mass is 35.5. The van der Waals surface area contributed by atoms with E-state index in [1.807, 2.05) is 0 Å². The summed E-state index contributed by atoms with van der Waals surface area (Å²) < 4.78 is 0. The smallest absolute Gasteiger partial charge is 0.116 e. The summed E-state index contributed by atoms with van der Waals surface area (Å²) in [5.41, 5.74) is 4.20. The number of hydrogen-bond acceptors (Lipinski definition) is 4. The Morgan fingerprint density at radius 1 is 1.11 bits per heavy atom. The quantitative estimate of drug-likeness (QED) is 0.443. The molecule has 0 amide bonds. The van der Waals surface area contributed by atoms with Crippen LogP contribution in [0, 0.1) is 0 Å². The lowest BCUT2D eigenvalue weighted by Gasteiger charge is -2.45. The van der Waals surface area contributed by atoms with Gasteiger partial charge in [-0.05, 0) is 31.4 Å². The second kappa shape index (κ2) is 9.53. The number of allylic oxidation sites excluding steroid dienone is 1. The van der Waals surface area contributed by atoms with Crippen molar-refractivity contribution in [3.63, 3.8) is 0 Å². The molecule has 1 aromatic carbocycles. The minimum absolute atomic E-state index is 0.398. The van der Waals surface area contributed by atoms with Gasteiger partial charge in [-0.2, -0.15) is 0 Å². The molecular formula is C22H35ClN4. The predicted molar refractivity (Wildman–Crippen MR) is 115 cm³/mol. The van der Waals surface area contributed by atoms with Crippen LogP contribution in [0.4, 0.5) is 0 Å². The minimum atomic E-state index is -0.422. The standard InChI is InChI=1S/C22H35ClN4/c1-4-18(2)20(22(3,23)27-14-11-24-12-15-27)17-26-13-10-25-16-21(26)19-8-6-5-7-9-19/h5-9,21,24-25H,4,10-17H2,1-3H3. The van der Waals surface area contributed by atoms with E-state index in [0.29, 0.717) is 6.04 Å². The van der Waals surface area contributed by atoms with Crippen molar-refractivity contribution in [2.45, 2.75) is 38.2 Å². The zero-order valence-corrected chi connectivity index (χ0v) is 17.9. The van der Waals surface area contributed by atoms with Gasteiger partial charge in [0.15, 0.2) is 0 Å². The summed E-state index contributed by atoms with van der Waals surface area (Å²) in [5.74, 6) is 0. The first-order chi connectivity index (χ1) is 13.0. The second-order valence-corrected chi connectivity index (χ2v) is 8.64. The molecule has 0 saturated carbocycles. The van der Waals surface area contributed by atoms with Gasteiger partial charge in [0.1, 0.15) is 5.00 Å². The fraction of sp³-hybridized carbons (Fsp3) is 0.636. The number of nitrogens with one attached hydrogen (secondary N) is 2. The fourth-order valence-electron chi connectivity index (χ4n) is 4.30. The van der Waals surface area contributed by atoms with Crippen molar-refractivity contribution < 1.29 is 0 Å². The average molecular weight is 391 g/mol. The molecule has 2 saturated heterocycles. The fourth-order valence-corrected chi connectivity index (χ4v) is 4.69. The Morgan fingerprint density at radius 3 is 2.44 bits per heavy atom. The van der Waals surface area contributed by atoms with Crippen molar-refractivity contribution in [2.24, 2.45) is 0 Å². The van der Waals surface area contributed by atoms with Gasteiger partial charge in [-0.1, -0.05) is 54.4 Å². The molecule has 2 aliphatic heterocycles. The monoisotopic (exact) mass is 390 g/mol. The third-order valence-corrected chi connectivity index (χ3v) is 6.67. The number of nitrogens with zero attached hydrogens (tertiary/aromatic N) is 2. The molecule has 4 nitrogen and oxygen atoms in total. The molecule has 0 spiro atoms. The number of hydrogen-bond donors (Lipinski definition) is 2. The highest BCUT2D eigenvalue weighted by Gasteiger charge is 2.37. The van der Waals surface area contributed by atoms with E-state index in [1.54, 1.807) is 0 Å². The third-order valence-electron chi connectivity index (χ3n) is 6.21. The maximum Gasteiger partial charge on any atom is 0.116 e. The average Bonchev–Trinajstić information content (AvgIpc) is 2.73. The summed E-state index contributed by atoms with van der Waals surface area (Å²) in [6.45, 7) is 14.8. The Kier molecular flexibility index (Phi) is 7.35. The number of benzene rings is 1. The number of alkyl halides is 1. The van der Waals surface area contributed by atoms with E-state index in [0.717, 1.165) is 58.8 Å². The Morgan fingerprint density at radius 2 is 1.78 bits per heavy atom. The normalized spacial score (nSPS) is 25.7. The maximum atomic E-state index is 7.27. The Bertz CT molecular complexity index is 622. The van der Waals surface area contributed by atoms with Gasteiger partial charge in [-0.25, -0.2) is 0 Å². The van der Waals surface area contributed by atoms with Gasteiger partial charge < -0.3 is 10.6 Å². The van der Waals surface area contributed by atoms with Crippen LogP contribution < -0.4 is 10.6 Å². The summed E-state index contributed by atoms with van der Waals surface area (Å²) in [4.78, 5) is 4.64. The molecule has 0 aliphatic carbocycles. The Labute approximate surface area is 169 Å². The molecule has 27 heavy (non-hydrogen) atoms. The SMILES string of the molecule is CCC(C)=C(CN1CCNCC1c1ccccc1)C(C)(Cl)N1CCNCC1. The van der Waals surface area contributed by atoms with E-state index in [4.69, 9.17) is 11.6 Å². The topological polar surface area (TPSA) is 30.5 Å². The van der Waals surface area contributed by atoms with E-state index in [-0.39, 0.29) is 0 Å². The zero-order chi connectivity index (χ0) is 19.3. The zero-order valence-electron chi connectivity index (χ0n) is 17.1. The summed E-state index contributed by atoms with van der Waals surface area (Å²) in [7, 11) is 0. The predicted octanol–water partition coefficient (Wildman–Crippen LogP) is 3.22. The van der Waals surface area contributed by atoms with Gasteiger partial charge in [-0.3, -0.25) is 9.80 Å². The minimum Gasteiger partial charge on any atom is -0.314 e. The van der Waals surface area contributed by atoms with Crippen molar-refractivity contribution in [2.75, 3.05) is 52.4 Å². The Balaban J connectivity index is 1.85. The van der Waals surface area contributed by atoms with E-state index >= 15 is 0 Å². The summed E-state index contributed by atoms with van der Waals surface area (Å²) in [6.07, 6.45) is 1.05. The molecule has 2 N–H and O–H groups in total. The highest BCUT2D eigenvalue weighted by molar-refractivity contribution is 6.25. The Hall–Kier alpha value is -0.910. The molecule has 0 radical (unpaired) electrons. The lowest BCUT2D eigenvalue weighted by atomic mass is 9.95. The van der Waals surface area contributed by atoms with E-state index in [1.165, 1.54) is 16.7 Å². The van der Waals surface area contributed by atoms with Crippen LogP contribution in [0.5, 0.6) is 0 Å². The lowest BCUT2D eigenvalue weighted by molar-refractivity contribution is 0.141. The molecule has 0 bridgehead atoms. The van der Waals surface area contributed by atoms with Gasteiger partial charge in [0, 0.05) is 58.4 Å². The van der Waals surface area contributed by atoms with E-state index in [2.05, 4.69) is 71.5 Å². The summed E-state index contributed by atoms with van der Waals surface area (Å²) >= 11 is 7.27. The van der Waals surface area contributed by atoms with Gasteiger partial charge in [0.05, 0.1) is 0 Å². The van der Waals surface area contributed by atoms with Crippen molar-refractivity contribution >= 4 is 11.6 Å². The van der Waals surface area contributed by atoms with Crippen molar-refractivity contribution in [1.82, 2.24) is 20.4 Å². The molecule has 5 heteroatoms. The summed E-state index contributed by atoms with van der Waals surface area (Å²) in [5, 5.41) is 7.02. The van der Waals surface area contributed by atoms with Crippen molar-refractivity contribution in [1.29, 1.82) is 0 Å². The van der Waals surface area contributed by atoms with Crippen LogP contribution in [-0.2, 0) is 0 Å². The van der Waals surface area contributed by atoms with Crippen LogP contribution in [0.25, 0.3) is 0 Å². The molecule has 2 unspecified atom stereocenters. The maximum absolute atomic E-state index is 7.27. The highest BCUT2D eigenvalue weighted by Crippen LogP contribution is 2.35. The van der Waals surface area contributed by atoms with Gasteiger partial charge in [0.25, 0.3) is 0 Å². The first-order valence-electron chi connectivity index (χ1n) is 10.4. The second-order valence-electron chi connectivity index (χ2n) is 7.90. The van der Waals surface area contributed by atoms with Crippen LogP contribution >= 0.6 is 11.6 Å². The van der Waals surface area contributed by atoms with Crippen molar-refractivity contribution in [3.8, 4) is 0 Å². The van der Waals surface area contributed by atoms with E-state index in [9.17, 15) is 0 Å². The molecule has 2 heterocycles. The molecule has 2 atom stereocenters. The number of rotatable bonds is 6. The van der Waals surface area contributed by atoms with Crippen LogP contribution in [-0.4, -0.2) is 67.2 Å². The largest absolute Gasteiger partial charge is 0.314 e. The molecule has 0 aromatic heterocycles. The van der Waals surface area contributed by atoms with Crippen LogP contribution in [0.15, 0.2) is 41.5 Å². The molecule has 3 rings (SSSR count). The molecule has 2 fully saturated rings. The van der Waals surface area contributed by atoms with Gasteiger partial charge in [0.2, 0.25) is 0 Å². The number of halogens is 1. The van der Waals surface area contributed by atoms with Crippen LogP contribution in [0.3, 0.4) is 0 Å². The third kappa shape index (κ3) is 4.93. The van der Waals surface area contributed by atoms with Crippen LogP contribution in [0.1, 0.15) is 38.8 Å². The van der Waals surface area contributed by atoms with Gasteiger partial charge in [-0.15, -0.1) is 0 Å². The molecule has 1 aromatic rings. The lowest BCUT2D eigenvalue weighted by Crippen LogP contribution is -2.55. The molecule has 150 valence electrons. The first kappa shape index (κ1) is 20.8. The number of piperazine rings is 2. The van der Waals surface area contributed by atoms with Gasteiger partial charge >= 0.3 is 0 Å². The van der Waals surface area contributed by atoms with E-state index < -0.39 is 5.00 Å². The molecule has 2 aliphatic rings.